The number of hydrogen-bond acceptors (Lipinski definition) is 4. The number of benzene rings is 2. The third-order valence-electron chi connectivity index (χ3n) is 3.09. The van der Waals surface area contributed by atoms with E-state index in [2.05, 4.69) is 0 Å². The molecule has 0 aliphatic carbocycles. The van der Waals surface area contributed by atoms with Crippen LogP contribution in [0.3, 0.4) is 0 Å². The Kier molecular flexibility index (Phi) is 4.57. The highest BCUT2D eigenvalue weighted by molar-refractivity contribution is 7.99. The fourth-order valence-electron chi connectivity index (χ4n) is 1.90. The van der Waals surface area contributed by atoms with E-state index in [1.165, 1.54) is 0 Å². The summed E-state index contributed by atoms with van der Waals surface area (Å²) in [4.78, 5) is 0.970. The van der Waals surface area contributed by atoms with E-state index in [1.54, 1.807) is 24.9 Å². The summed E-state index contributed by atoms with van der Waals surface area (Å²) in [6.07, 6.45) is 0. The van der Waals surface area contributed by atoms with Crippen molar-refractivity contribution < 1.29 is 9.84 Å². The van der Waals surface area contributed by atoms with Gasteiger partial charge in [0, 0.05) is 22.4 Å². The molecule has 0 saturated carbocycles. The number of methoxy groups -OCH3 is 1. The van der Waals surface area contributed by atoms with Gasteiger partial charge in [0.2, 0.25) is 0 Å². The average Bonchev–Trinajstić information content (AvgIpc) is 2.46. The van der Waals surface area contributed by atoms with Crippen molar-refractivity contribution in [3.63, 3.8) is 0 Å². The van der Waals surface area contributed by atoms with Crippen molar-refractivity contribution in [3.05, 3.63) is 54.1 Å². The Morgan fingerprint density at radius 3 is 2.55 bits per heavy atom. The van der Waals surface area contributed by atoms with Crippen molar-refractivity contribution in [2.45, 2.75) is 17.4 Å². The number of anilines is 1. The van der Waals surface area contributed by atoms with Crippen molar-refractivity contribution >= 4 is 17.4 Å². The van der Waals surface area contributed by atoms with Crippen LogP contribution in [0.5, 0.6) is 5.75 Å². The fourth-order valence-corrected chi connectivity index (χ4v) is 2.95. The average molecular weight is 289 g/mol. The first-order valence-electron chi connectivity index (χ1n) is 6.37. The van der Waals surface area contributed by atoms with Crippen molar-refractivity contribution in [1.82, 2.24) is 0 Å². The lowest BCUT2D eigenvalue weighted by atomic mass is 9.99. The van der Waals surface area contributed by atoms with Gasteiger partial charge in [-0.15, -0.1) is 11.8 Å². The maximum Gasteiger partial charge on any atom is 0.134 e. The van der Waals surface area contributed by atoms with Gasteiger partial charge in [-0.05, 0) is 24.6 Å². The van der Waals surface area contributed by atoms with Crippen LogP contribution in [0.15, 0.2) is 53.4 Å². The molecule has 2 aromatic carbocycles. The summed E-state index contributed by atoms with van der Waals surface area (Å²) >= 11 is 1.55. The minimum Gasteiger partial charge on any atom is -0.496 e. The summed E-state index contributed by atoms with van der Waals surface area (Å²) in [6.45, 7) is 1.82. The zero-order valence-corrected chi connectivity index (χ0v) is 12.5. The Morgan fingerprint density at radius 1 is 1.20 bits per heavy atom. The molecular formula is C16H19NO2S. The lowest BCUT2D eigenvalue weighted by molar-refractivity contribution is 0.0839. The maximum atomic E-state index is 10.6. The van der Waals surface area contributed by atoms with Gasteiger partial charge < -0.3 is 15.6 Å². The molecule has 0 heterocycles. The largest absolute Gasteiger partial charge is 0.496 e. The Morgan fingerprint density at radius 2 is 1.90 bits per heavy atom. The fraction of sp³-hybridized carbons (Fsp3) is 0.250. The molecule has 1 unspecified atom stereocenters. The lowest BCUT2D eigenvalue weighted by Crippen LogP contribution is -2.24. The molecule has 0 radical (unpaired) electrons. The lowest BCUT2D eigenvalue weighted by Gasteiger charge is -2.23. The summed E-state index contributed by atoms with van der Waals surface area (Å²) in [6, 6.07) is 15.2. The number of ether oxygens (including phenoxy) is 1. The molecule has 3 nitrogen and oxygen atoms in total. The molecule has 0 fully saturated rings. The molecule has 0 aliphatic heterocycles. The van der Waals surface area contributed by atoms with Gasteiger partial charge in [-0.1, -0.05) is 30.3 Å². The molecule has 0 aromatic heterocycles. The standard InChI is InChI=1S/C16H19NO2S/c1-16(18,12-6-4-3-5-7-12)11-20-15-9-8-13(17)10-14(15)19-2/h3-10,18H,11,17H2,1-2H3. The highest BCUT2D eigenvalue weighted by atomic mass is 32.2. The van der Waals surface area contributed by atoms with Gasteiger partial charge in [-0.2, -0.15) is 0 Å². The van der Waals surface area contributed by atoms with Gasteiger partial charge in [0.15, 0.2) is 0 Å². The Labute approximate surface area is 123 Å². The van der Waals surface area contributed by atoms with Gasteiger partial charge in [0.25, 0.3) is 0 Å². The van der Waals surface area contributed by atoms with E-state index in [4.69, 9.17) is 10.5 Å². The van der Waals surface area contributed by atoms with Crippen molar-refractivity contribution in [1.29, 1.82) is 0 Å². The second kappa shape index (κ2) is 6.20. The first-order valence-corrected chi connectivity index (χ1v) is 7.36. The third-order valence-corrected chi connectivity index (χ3v) is 4.45. The zero-order valence-electron chi connectivity index (χ0n) is 11.7. The monoisotopic (exact) mass is 289 g/mol. The molecule has 20 heavy (non-hydrogen) atoms. The molecule has 2 rings (SSSR count). The minimum absolute atomic E-state index is 0.539. The third kappa shape index (κ3) is 3.46. The number of rotatable bonds is 5. The van der Waals surface area contributed by atoms with Crippen LogP contribution in [0.2, 0.25) is 0 Å². The van der Waals surface area contributed by atoms with Crippen molar-refractivity contribution in [3.8, 4) is 5.75 Å². The molecule has 0 saturated heterocycles. The quantitative estimate of drug-likeness (QED) is 0.655. The van der Waals surface area contributed by atoms with E-state index in [0.717, 1.165) is 16.2 Å². The Bertz CT molecular complexity index is 570. The van der Waals surface area contributed by atoms with E-state index >= 15 is 0 Å². The molecule has 4 heteroatoms. The summed E-state index contributed by atoms with van der Waals surface area (Å²) < 4.78 is 5.31. The number of nitrogens with two attached hydrogens (primary N) is 1. The van der Waals surface area contributed by atoms with E-state index in [-0.39, 0.29) is 0 Å². The Balaban J connectivity index is 2.12. The van der Waals surface area contributed by atoms with E-state index in [1.807, 2.05) is 49.4 Å². The van der Waals surface area contributed by atoms with Crippen LogP contribution in [0, 0.1) is 0 Å². The second-order valence-corrected chi connectivity index (χ2v) is 5.86. The smallest absolute Gasteiger partial charge is 0.134 e. The predicted molar refractivity (Wildman–Crippen MR) is 84.1 cm³/mol. The molecule has 3 N–H and O–H groups in total. The predicted octanol–water partition coefficient (Wildman–Crippen LogP) is 3.28. The highest BCUT2D eigenvalue weighted by Crippen LogP contribution is 2.35. The summed E-state index contributed by atoms with van der Waals surface area (Å²) in [7, 11) is 1.62. The molecule has 0 bridgehead atoms. The van der Waals surface area contributed by atoms with Crippen LogP contribution >= 0.6 is 11.8 Å². The minimum atomic E-state index is -0.891. The Hall–Kier alpha value is -1.65. The van der Waals surface area contributed by atoms with Crippen LogP contribution in [-0.4, -0.2) is 18.0 Å². The van der Waals surface area contributed by atoms with E-state index in [0.29, 0.717) is 11.4 Å². The van der Waals surface area contributed by atoms with Crippen molar-refractivity contribution in [2.75, 3.05) is 18.6 Å². The number of nitrogen functional groups attached to an aromatic ring is 1. The molecular weight excluding hydrogens is 270 g/mol. The van der Waals surface area contributed by atoms with Crippen LogP contribution in [0.1, 0.15) is 12.5 Å². The van der Waals surface area contributed by atoms with E-state index in [9.17, 15) is 5.11 Å². The second-order valence-electron chi connectivity index (χ2n) is 4.84. The van der Waals surface area contributed by atoms with Gasteiger partial charge in [0.1, 0.15) is 5.75 Å². The molecule has 1 atom stereocenters. The number of hydrogen-bond donors (Lipinski definition) is 2. The first-order chi connectivity index (χ1) is 9.53. The first kappa shape index (κ1) is 14.8. The van der Waals surface area contributed by atoms with Crippen LogP contribution in [0.25, 0.3) is 0 Å². The summed E-state index contributed by atoms with van der Waals surface area (Å²) in [5, 5.41) is 10.6. The van der Waals surface area contributed by atoms with Crippen LogP contribution in [0.4, 0.5) is 5.69 Å². The molecule has 0 aliphatic rings. The number of thioether (sulfide) groups is 1. The van der Waals surface area contributed by atoms with Gasteiger partial charge in [0.05, 0.1) is 12.7 Å². The van der Waals surface area contributed by atoms with Gasteiger partial charge in [-0.3, -0.25) is 0 Å². The highest BCUT2D eigenvalue weighted by Gasteiger charge is 2.23. The summed E-state index contributed by atoms with van der Waals surface area (Å²) in [5.74, 6) is 1.27. The maximum absolute atomic E-state index is 10.6. The van der Waals surface area contributed by atoms with Crippen LogP contribution in [-0.2, 0) is 5.60 Å². The van der Waals surface area contributed by atoms with Crippen molar-refractivity contribution in [2.24, 2.45) is 0 Å². The molecule has 2 aromatic rings. The molecule has 0 amide bonds. The topological polar surface area (TPSA) is 55.5 Å². The molecule has 0 spiro atoms. The van der Waals surface area contributed by atoms with Gasteiger partial charge in [-0.25, -0.2) is 0 Å². The normalized spacial score (nSPS) is 13.8. The number of aliphatic hydroxyl groups is 1. The van der Waals surface area contributed by atoms with Gasteiger partial charge >= 0.3 is 0 Å². The van der Waals surface area contributed by atoms with Crippen LogP contribution < -0.4 is 10.5 Å². The summed E-state index contributed by atoms with van der Waals surface area (Å²) in [5.41, 5.74) is 6.42. The zero-order chi connectivity index (χ0) is 14.6. The SMILES string of the molecule is COc1cc(N)ccc1SCC(C)(O)c1ccccc1. The van der Waals surface area contributed by atoms with E-state index < -0.39 is 5.60 Å². The molecule has 106 valence electrons.